The van der Waals surface area contributed by atoms with Crippen LogP contribution >= 0.6 is 11.6 Å². The van der Waals surface area contributed by atoms with Gasteiger partial charge < -0.3 is 9.84 Å². The number of ether oxygens (including phenoxy) is 1. The van der Waals surface area contributed by atoms with E-state index in [2.05, 4.69) is 4.90 Å². The van der Waals surface area contributed by atoms with Crippen LogP contribution in [0.5, 0.6) is 5.75 Å². The van der Waals surface area contributed by atoms with Gasteiger partial charge >= 0.3 is 5.97 Å². The van der Waals surface area contributed by atoms with Gasteiger partial charge in [-0.15, -0.1) is 0 Å². The second-order valence-corrected chi connectivity index (χ2v) is 5.96. The molecule has 1 heterocycles. The van der Waals surface area contributed by atoms with E-state index >= 15 is 0 Å². The molecular formula is C16H22ClNO3. The van der Waals surface area contributed by atoms with Crippen molar-refractivity contribution in [2.24, 2.45) is 5.92 Å². The first-order valence-electron chi connectivity index (χ1n) is 7.46. The molecule has 0 aromatic heterocycles. The van der Waals surface area contributed by atoms with E-state index in [1.807, 2.05) is 24.3 Å². The zero-order valence-electron chi connectivity index (χ0n) is 12.1. The van der Waals surface area contributed by atoms with Gasteiger partial charge in [-0.3, -0.25) is 9.69 Å². The average Bonchev–Trinajstić information content (AvgIpc) is 2.48. The van der Waals surface area contributed by atoms with E-state index < -0.39 is 5.97 Å². The Morgan fingerprint density at radius 3 is 2.57 bits per heavy atom. The predicted molar refractivity (Wildman–Crippen MR) is 83.0 cm³/mol. The Bertz CT molecular complexity index is 441. The molecule has 0 unspecified atom stereocenters. The van der Waals surface area contributed by atoms with E-state index in [-0.39, 0.29) is 0 Å². The van der Waals surface area contributed by atoms with Gasteiger partial charge in [0, 0.05) is 18.0 Å². The first kappa shape index (κ1) is 16.1. The summed E-state index contributed by atoms with van der Waals surface area (Å²) in [7, 11) is 0. The highest BCUT2D eigenvalue weighted by molar-refractivity contribution is 6.30. The van der Waals surface area contributed by atoms with Crippen LogP contribution in [0.4, 0.5) is 0 Å². The summed E-state index contributed by atoms with van der Waals surface area (Å²) in [5.41, 5.74) is 0. The summed E-state index contributed by atoms with van der Waals surface area (Å²) in [6.07, 6.45) is 3.29. The molecule has 1 saturated heterocycles. The fourth-order valence-corrected chi connectivity index (χ4v) is 2.78. The lowest BCUT2D eigenvalue weighted by Gasteiger charge is -2.31. The molecule has 1 fully saturated rings. The maximum Gasteiger partial charge on any atom is 0.303 e. The summed E-state index contributed by atoms with van der Waals surface area (Å²) in [6, 6.07) is 7.40. The molecule has 1 aromatic rings. The molecule has 116 valence electrons. The number of carbonyl (C=O) groups is 1. The van der Waals surface area contributed by atoms with Crippen LogP contribution in [0.3, 0.4) is 0 Å². The lowest BCUT2D eigenvalue weighted by atomic mass is 9.92. The van der Waals surface area contributed by atoms with Crippen molar-refractivity contribution in [1.82, 2.24) is 4.90 Å². The second kappa shape index (κ2) is 8.25. The normalized spacial score (nSPS) is 16.8. The molecule has 0 radical (unpaired) electrons. The highest BCUT2D eigenvalue weighted by atomic mass is 35.5. The molecule has 1 aliphatic heterocycles. The summed E-state index contributed by atoms with van der Waals surface area (Å²) >= 11 is 5.83. The lowest BCUT2D eigenvalue weighted by molar-refractivity contribution is -0.137. The van der Waals surface area contributed by atoms with Crippen molar-refractivity contribution < 1.29 is 14.6 Å². The topological polar surface area (TPSA) is 49.8 Å². The smallest absolute Gasteiger partial charge is 0.303 e. The fraction of sp³-hybridized carbons (Fsp3) is 0.562. The largest absolute Gasteiger partial charge is 0.492 e. The number of carboxylic acids is 1. The Morgan fingerprint density at radius 1 is 1.29 bits per heavy atom. The number of likely N-dealkylation sites (tertiary alicyclic amines) is 1. The first-order chi connectivity index (χ1) is 10.1. The van der Waals surface area contributed by atoms with Gasteiger partial charge in [0.25, 0.3) is 0 Å². The molecule has 5 heteroatoms. The van der Waals surface area contributed by atoms with Crippen LogP contribution in [0.2, 0.25) is 5.02 Å². The van der Waals surface area contributed by atoms with Crippen LogP contribution in [-0.4, -0.2) is 42.2 Å². The first-order valence-corrected chi connectivity index (χ1v) is 7.84. The van der Waals surface area contributed by atoms with E-state index in [0.717, 1.165) is 44.6 Å². The van der Waals surface area contributed by atoms with E-state index in [9.17, 15) is 4.79 Å². The van der Waals surface area contributed by atoms with Gasteiger partial charge in [0.05, 0.1) is 0 Å². The lowest BCUT2D eigenvalue weighted by Crippen LogP contribution is -2.36. The number of carboxylic acid groups (broad SMARTS) is 1. The number of rotatable bonds is 7. The predicted octanol–water partition coefficient (Wildman–Crippen LogP) is 3.30. The molecule has 4 nitrogen and oxygen atoms in total. The molecule has 0 amide bonds. The molecule has 1 N–H and O–H groups in total. The Hall–Kier alpha value is -1.26. The summed E-state index contributed by atoms with van der Waals surface area (Å²) < 4.78 is 5.69. The minimum Gasteiger partial charge on any atom is -0.492 e. The van der Waals surface area contributed by atoms with Crippen LogP contribution in [0, 0.1) is 5.92 Å². The van der Waals surface area contributed by atoms with Crippen molar-refractivity contribution in [1.29, 1.82) is 0 Å². The van der Waals surface area contributed by atoms with E-state index in [4.69, 9.17) is 21.4 Å². The van der Waals surface area contributed by atoms with Gasteiger partial charge in [0.1, 0.15) is 12.4 Å². The minimum absolute atomic E-state index is 0.296. The van der Waals surface area contributed by atoms with Crippen molar-refractivity contribution in [3.8, 4) is 5.75 Å². The number of aliphatic carboxylic acids is 1. The standard InChI is InChI=1S/C16H22ClNO3/c17-14-2-4-15(5-3-14)21-12-11-18-9-7-13(8-10-18)1-6-16(19)20/h2-5,13H,1,6-12H2,(H,19,20). The van der Waals surface area contributed by atoms with Gasteiger partial charge in [-0.25, -0.2) is 0 Å². The number of piperidine rings is 1. The maximum absolute atomic E-state index is 10.6. The molecule has 0 aliphatic carbocycles. The third kappa shape index (κ3) is 5.94. The van der Waals surface area contributed by atoms with Crippen LogP contribution in [0.1, 0.15) is 25.7 Å². The summed E-state index contributed by atoms with van der Waals surface area (Å²) in [6.45, 7) is 3.65. The van der Waals surface area contributed by atoms with Crippen molar-refractivity contribution in [3.63, 3.8) is 0 Å². The highest BCUT2D eigenvalue weighted by Gasteiger charge is 2.19. The summed E-state index contributed by atoms with van der Waals surface area (Å²) in [5.74, 6) is 0.721. The Labute approximate surface area is 130 Å². The Kier molecular flexibility index (Phi) is 6.33. The van der Waals surface area contributed by atoms with E-state index in [0.29, 0.717) is 24.0 Å². The summed E-state index contributed by atoms with van der Waals surface area (Å²) in [4.78, 5) is 13.0. The minimum atomic E-state index is -0.686. The van der Waals surface area contributed by atoms with Gasteiger partial charge in [0.2, 0.25) is 0 Å². The number of hydrogen-bond donors (Lipinski definition) is 1. The fourth-order valence-electron chi connectivity index (χ4n) is 2.65. The van der Waals surface area contributed by atoms with Gasteiger partial charge in [-0.05, 0) is 62.5 Å². The van der Waals surface area contributed by atoms with Crippen LogP contribution < -0.4 is 4.74 Å². The molecule has 0 atom stereocenters. The zero-order chi connectivity index (χ0) is 15.1. The maximum atomic E-state index is 10.6. The Morgan fingerprint density at radius 2 is 1.95 bits per heavy atom. The zero-order valence-corrected chi connectivity index (χ0v) is 12.9. The van der Waals surface area contributed by atoms with Crippen LogP contribution in [0.15, 0.2) is 24.3 Å². The number of hydrogen-bond acceptors (Lipinski definition) is 3. The van der Waals surface area contributed by atoms with Crippen molar-refractivity contribution in [2.45, 2.75) is 25.7 Å². The van der Waals surface area contributed by atoms with Gasteiger partial charge in [-0.1, -0.05) is 11.6 Å². The summed E-state index contributed by atoms with van der Waals surface area (Å²) in [5, 5.41) is 9.42. The average molecular weight is 312 g/mol. The van der Waals surface area contributed by atoms with E-state index in [1.54, 1.807) is 0 Å². The third-order valence-electron chi connectivity index (χ3n) is 3.96. The molecule has 1 aromatic carbocycles. The van der Waals surface area contributed by atoms with Crippen LogP contribution in [0.25, 0.3) is 0 Å². The van der Waals surface area contributed by atoms with Gasteiger partial charge in [-0.2, -0.15) is 0 Å². The number of nitrogens with zero attached hydrogens (tertiary/aromatic N) is 1. The van der Waals surface area contributed by atoms with Crippen molar-refractivity contribution in [2.75, 3.05) is 26.2 Å². The van der Waals surface area contributed by atoms with Crippen molar-refractivity contribution >= 4 is 17.6 Å². The molecule has 0 bridgehead atoms. The quantitative estimate of drug-likeness (QED) is 0.839. The van der Waals surface area contributed by atoms with Crippen LogP contribution in [-0.2, 0) is 4.79 Å². The SMILES string of the molecule is O=C(O)CCC1CCN(CCOc2ccc(Cl)cc2)CC1. The second-order valence-electron chi connectivity index (χ2n) is 5.52. The molecule has 1 aliphatic rings. The Balaban J connectivity index is 1.60. The van der Waals surface area contributed by atoms with Crippen molar-refractivity contribution in [3.05, 3.63) is 29.3 Å². The number of halogens is 1. The molecular weight excluding hydrogens is 290 g/mol. The van der Waals surface area contributed by atoms with Gasteiger partial charge in [0.15, 0.2) is 0 Å². The monoisotopic (exact) mass is 311 g/mol. The molecule has 21 heavy (non-hydrogen) atoms. The molecule has 0 saturated carbocycles. The number of benzene rings is 1. The van der Waals surface area contributed by atoms with E-state index in [1.165, 1.54) is 0 Å². The third-order valence-corrected chi connectivity index (χ3v) is 4.22. The highest BCUT2D eigenvalue weighted by Crippen LogP contribution is 2.22. The molecule has 2 rings (SSSR count). The molecule has 0 spiro atoms.